The number of nitrogens with zero attached hydrogens (tertiary/aromatic N) is 2. The van der Waals surface area contributed by atoms with E-state index in [1.54, 1.807) is 10.6 Å². The lowest BCUT2D eigenvalue weighted by atomic mass is 10.1. The second-order valence-electron chi connectivity index (χ2n) is 6.71. The Kier molecular flexibility index (Phi) is 6.19. The quantitative estimate of drug-likeness (QED) is 0.491. The lowest BCUT2D eigenvalue weighted by Gasteiger charge is -2.18. The highest BCUT2D eigenvalue weighted by Crippen LogP contribution is 2.27. The van der Waals surface area contributed by atoms with Crippen LogP contribution in [0.4, 0.5) is 5.69 Å². The van der Waals surface area contributed by atoms with E-state index in [0.29, 0.717) is 29.0 Å². The third-order valence-corrected chi connectivity index (χ3v) is 6.27. The second-order valence-corrected chi connectivity index (χ2v) is 7.88. The zero-order valence-corrected chi connectivity index (χ0v) is 17.5. The second kappa shape index (κ2) is 8.61. The summed E-state index contributed by atoms with van der Waals surface area (Å²) in [6.07, 6.45) is 0.633. The molecule has 1 aromatic heterocycles. The van der Waals surface area contributed by atoms with E-state index in [9.17, 15) is 9.59 Å². The number of amides is 1. The number of benzene rings is 2. The van der Waals surface area contributed by atoms with Gasteiger partial charge < -0.3 is 5.32 Å². The number of hydrogen-bond acceptors (Lipinski definition) is 4. The summed E-state index contributed by atoms with van der Waals surface area (Å²) in [5.74, 6) is -0.0775. The van der Waals surface area contributed by atoms with Gasteiger partial charge in [0.25, 0.3) is 5.56 Å². The molecule has 1 atom stereocenters. The molecule has 0 fully saturated rings. The van der Waals surface area contributed by atoms with Gasteiger partial charge in [-0.3, -0.25) is 14.2 Å². The number of carbonyl (C=O) groups is 1. The molecule has 0 saturated heterocycles. The molecule has 1 unspecified atom stereocenters. The monoisotopic (exact) mass is 395 g/mol. The molecule has 0 aliphatic heterocycles. The van der Waals surface area contributed by atoms with Crippen molar-refractivity contribution in [3.63, 3.8) is 0 Å². The fourth-order valence-corrected chi connectivity index (χ4v) is 4.14. The van der Waals surface area contributed by atoms with Gasteiger partial charge in [-0.15, -0.1) is 0 Å². The fourth-order valence-electron chi connectivity index (χ4n) is 3.07. The highest BCUT2D eigenvalue weighted by atomic mass is 32.2. The maximum Gasteiger partial charge on any atom is 0.262 e. The van der Waals surface area contributed by atoms with Crippen LogP contribution in [0.5, 0.6) is 0 Å². The van der Waals surface area contributed by atoms with E-state index in [-0.39, 0.29) is 16.7 Å². The van der Waals surface area contributed by atoms with Crippen molar-refractivity contribution in [3.05, 3.63) is 63.9 Å². The van der Waals surface area contributed by atoms with Crippen LogP contribution in [0.15, 0.2) is 52.4 Å². The van der Waals surface area contributed by atoms with Crippen molar-refractivity contribution in [1.29, 1.82) is 0 Å². The van der Waals surface area contributed by atoms with Crippen LogP contribution in [0, 0.1) is 13.8 Å². The largest absolute Gasteiger partial charge is 0.325 e. The van der Waals surface area contributed by atoms with Crippen LogP contribution < -0.4 is 10.9 Å². The molecular formula is C22H25N3O2S. The third-order valence-electron chi connectivity index (χ3n) is 4.92. The molecule has 0 aliphatic carbocycles. The lowest BCUT2D eigenvalue weighted by molar-refractivity contribution is -0.115. The molecule has 2 aromatic carbocycles. The average molecular weight is 396 g/mol. The van der Waals surface area contributed by atoms with Gasteiger partial charge in [0.2, 0.25) is 5.91 Å². The number of aryl methyl sites for hydroxylation is 1. The average Bonchev–Trinajstić information content (AvgIpc) is 2.69. The van der Waals surface area contributed by atoms with Crippen LogP contribution in [-0.2, 0) is 11.3 Å². The van der Waals surface area contributed by atoms with Gasteiger partial charge in [-0.05, 0) is 56.5 Å². The SMILES string of the molecule is CCC(Sc1nc2ccccc2c(=O)n1CC)C(=O)Nc1cccc(C)c1C. The summed E-state index contributed by atoms with van der Waals surface area (Å²) in [5, 5.41) is 3.87. The molecule has 0 spiro atoms. The topological polar surface area (TPSA) is 64.0 Å². The summed E-state index contributed by atoms with van der Waals surface area (Å²) in [6.45, 7) is 8.41. The molecule has 0 radical (unpaired) electrons. The molecule has 1 amide bonds. The van der Waals surface area contributed by atoms with E-state index in [4.69, 9.17) is 0 Å². The van der Waals surface area contributed by atoms with Crippen LogP contribution in [0.25, 0.3) is 10.9 Å². The third kappa shape index (κ3) is 3.97. The smallest absolute Gasteiger partial charge is 0.262 e. The number of anilines is 1. The number of nitrogens with one attached hydrogen (secondary N) is 1. The number of aromatic nitrogens is 2. The number of rotatable bonds is 6. The Morgan fingerprint density at radius 1 is 1.14 bits per heavy atom. The van der Waals surface area contributed by atoms with Gasteiger partial charge in [-0.25, -0.2) is 4.98 Å². The maximum atomic E-state index is 12.9. The van der Waals surface area contributed by atoms with Crippen molar-refractivity contribution in [1.82, 2.24) is 9.55 Å². The van der Waals surface area contributed by atoms with E-state index in [2.05, 4.69) is 10.3 Å². The first-order valence-electron chi connectivity index (χ1n) is 9.49. The minimum absolute atomic E-state index is 0.0691. The van der Waals surface area contributed by atoms with Crippen molar-refractivity contribution in [2.24, 2.45) is 0 Å². The van der Waals surface area contributed by atoms with Crippen molar-refractivity contribution in [3.8, 4) is 0 Å². The van der Waals surface area contributed by atoms with E-state index < -0.39 is 0 Å². The van der Waals surface area contributed by atoms with Crippen molar-refractivity contribution >= 4 is 34.3 Å². The van der Waals surface area contributed by atoms with Gasteiger partial charge in [0.15, 0.2) is 5.16 Å². The first kappa shape index (κ1) is 20.1. The zero-order valence-electron chi connectivity index (χ0n) is 16.7. The first-order chi connectivity index (χ1) is 13.5. The summed E-state index contributed by atoms with van der Waals surface area (Å²) in [7, 11) is 0. The summed E-state index contributed by atoms with van der Waals surface area (Å²) >= 11 is 1.35. The predicted octanol–water partition coefficient (Wildman–Crippen LogP) is 4.54. The van der Waals surface area contributed by atoms with Crippen molar-refractivity contribution in [2.45, 2.75) is 51.1 Å². The van der Waals surface area contributed by atoms with Crippen LogP contribution >= 0.6 is 11.8 Å². The van der Waals surface area contributed by atoms with Gasteiger partial charge >= 0.3 is 0 Å². The molecule has 3 aromatic rings. The molecule has 1 heterocycles. The highest BCUT2D eigenvalue weighted by molar-refractivity contribution is 8.00. The summed E-state index contributed by atoms with van der Waals surface area (Å²) in [6, 6.07) is 13.2. The lowest BCUT2D eigenvalue weighted by Crippen LogP contribution is -2.28. The molecule has 5 nitrogen and oxygen atoms in total. The van der Waals surface area contributed by atoms with E-state index >= 15 is 0 Å². The Morgan fingerprint density at radius 2 is 1.89 bits per heavy atom. The number of thioether (sulfide) groups is 1. The molecule has 3 rings (SSSR count). The van der Waals surface area contributed by atoms with Crippen LogP contribution in [0.3, 0.4) is 0 Å². The Labute approximate surface area is 169 Å². The minimum atomic E-state index is -0.342. The minimum Gasteiger partial charge on any atom is -0.325 e. The molecule has 0 saturated carbocycles. The molecule has 6 heteroatoms. The summed E-state index contributed by atoms with van der Waals surface area (Å²) < 4.78 is 1.64. The molecule has 146 valence electrons. The van der Waals surface area contributed by atoms with Gasteiger partial charge in [0.1, 0.15) is 0 Å². The number of carbonyl (C=O) groups excluding carboxylic acids is 1. The first-order valence-corrected chi connectivity index (χ1v) is 10.4. The van der Waals surface area contributed by atoms with Gasteiger partial charge in [0, 0.05) is 12.2 Å². The molecule has 1 N–H and O–H groups in total. The van der Waals surface area contributed by atoms with E-state index in [1.165, 1.54) is 11.8 Å². The zero-order chi connectivity index (χ0) is 20.3. The predicted molar refractivity (Wildman–Crippen MR) is 116 cm³/mol. The van der Waals surface area contributed by atoms with E-state index in [1.807, 2.05) is 64.1 Å². The van der Waals surface area contributed by atoms with Crippen LogP contribution in [0.1, 0.15) is 31.4 Å². The van der Waals surface area contributed by atoms with Crippen molar-refractivity contribution < 1.29 is 4.79 Å². The number of para-hydroxylation sites is 1. The summed E-state index contributed by atoms with van der Waals surface area (Å²) in [5.41, 5.74) is 3.60. The van der Waals surface area contributed by atoms with Crippen molar-refractivity contribution in [2.75, 3.05) is 5.32 Å². The Morgan fingerprint density at radius 3 is 2.61 bits per heavy atom. The number of hydrogen-bond donors (Lipinski definition) is 1. The Bertz CT molecular complexity index is 1080. The van der Waals surface area contributed by atoms with Gasteiger partial charge in [-0.1, -0.05) is 43.0 Å². The normalized spacial score (nSPS) is 12.1. The fraction of sp³-hybridized carbons (Fsp3) is 0.318. The van der Waals surface area contributed by atoms with Gasteiger partial charge in [0.05, 0.1) is 16.2 Å². The molecular weight excluding hydrogens is 370 g/mol. The highest BCUT2D eigenvalue weighted by Gasteiger charge is 2.22. The maximum absolute atomic E-state index is 12.9. The van der Waals surface area contributed by atoms with E-state index in [0.717, 1.165) is 16.8 Å². The number of fused-ring (bicyclic) bond motifs is 1. The van der Waals surface area contributed by atoms with Gasteiger partial charge in [-0.2, -0.15) is 0 Å². The Balaban J connectivity index is 1.91. The summed E-state index contributed by atoms with van der Waals surface area (Å²) in [4.78, 5) is 30.4. The Hall–Kier alpha value is -2.60. The standard InChI is InChI=1S/C22H25N3O2S/c1-5-19(20(26)23-17-13-9-10-14(3)15(17)4)28-22-24-18-12-8-7-11-16(18)21(27)25(22)6-2/h7-13,19H,5-6H2,1-4H3,(H,23,26). The van der Waals surface area contributed by atoms with Crippen LogP contribution in [0.2, 0.25) is 0 Å². The molecule has 28 heavy (non-hydrogen) atoms. The molecule has 0 aliphatic rings. The van der Waals surface area contributed by atoms with Crippen LogP contribution in [-0.4, -0.2) is 20.7 Å². The molecule has 0 bridgehead atoms.